The Morgan fingerprint density at radius 2 is 2.07 bits per heavy atom. The molecule has 0 aliphatic heterocycles. The number of carbonyl (C=O) groups is 1. The Morgan fingerprint density at radius 1 is 1.29 bits per heavy atom. The molecule has 0 saturated heterocycles. The Labute approximate surface area is 161 Å². The Bertz CT molecular complexity index is 1150. The number of benzene rings is 1. The molecule has 0 atom stereocenters. The zero-order chi connectivity index (χ0) is 19.9. The van der Waals surface area contributed by atoms with Crippen LogP contribution in [0, 0.1) is 5.82 Å². The van der Waals surface area contributed by atoms with E-state index < -0.39 is 15.8 Å². The number of aromatic nitrogens is 2. The van der Waals surface area contributed by atoms with Crippen LogP contribution in [-0.2, 0) is 10.0 Å². The predicted molar refractivity (Wildman–Crippen MR) is 101 cm³/mol. The predicted octanol–water partition coefficient (Wildman–Crippen LogP) is 3.62. The SMILES string of the molecule is COc1ccc(-c2c(C3CC3)c(C=O)cn2S(=O)(=O)c2cccnc2)c(F)c1. The number of aldehydes is 1. The first-order chi connectivity index (χ1) is 13.5. The smallest absolute Gasteiger partial charge is 0.269 e. The first-order valence-corrected chi connectivity index (χ1v) is 10.1. The van der Waals surface area contributed by atoms with Crippen LogP contribution >= 0.6 is 0 Å². The third kappa shape index (κ3) is 2.99. The van der Waals surface area contributed by atoms with Crippen LogP contribution in [0.5, 0.6) is 5.75 Å². The minimum atomic E-state index is -4.07. The van der Waals surface area contributed by atoms with E-state index in [0.717, 1.165) is 16.8 Å². The number of ether oxygens (including phenoxy) is 1. The summed E-state index contributed by atoms with van der Waals surface area (Å²) in [6.07, 6.45) is 6.22. The highest BCUT2D eigenvalue weighted by Crippen LogP contribution is 2.48. The lowest BCUT2D eigenvalue weighted by atomic mass is 10.0. The lowest BCUT2D eigenvalue weighted by Crippen LogP contribution is -2.14. The van der Waals surface area contributed by atoms with Gasteiger partial charge < -0.3 is 4.74 Å². The van der Waals surface area contributed by atoms with Crippen LogP contribution in [0.1, 0.15) is 34.7 Å². The number of hydrogen-bond acceptors (Lipinski definition) is 5. The lowest BCUT2D eigenvalue weighted by molar-refractivity contribution is 0.112. The van der Waals surface area contributed by atoms with Crippen molar-refractivity contribution >= 4 is 16.3 Å². The Kier molecular flexibility index (Phi) is 4.50. The van der Waals surface area contributed by atoms with E-state index in [0.29, 0.717) is 17.6 Å². The lowest BCUT2D eigenvalue weighted by Gasteiger charge is -2.14. The Balaban J connectivity index is 2.02. The van der Waals surface area contributed by atoms with Crippen LogP contribution < -0.4 is 4.74 Å². The minimum Gasteiger partial charge on any atom is -0.497 e. The van der Waals surface area contributed by atoms with Crippen molar-refractivity contribution in [3.05, 3.63) is 65.9 Å². The molecule has 1 fully saturated rings. The highest BCUT2D eigenvalue weighted by molar-refractivity contribution is 7.90. The summed E-state index contributed by atoms with van der Waals surface area (Å²) < 4.78 is 47.4. The van der Waals surface area contributed by atoms with Gasteiger partial charge in [0, 0.05) is 35.8 Å². The highest BCUT2D eigenvalue weighted by Gasteiger charge is 2.35. The van der Waals surface area contributed by atoms with Crippen molar-refractivity contribution in [3.8, 4) is 17.0 Å². The fourth-order valence-electron chi connectivity index (χ4n) is 3.29. The summed E-state index contributed by atoms with van der Waals surface area (Å²) in [7, 11) is -2.65. The fraction of sp³-hybridized carbons (Fsp3) is 0.200. The molecule has 6 nitrogen and oxygen atoms in total. The molecule has 0 bridgehead atoms. The molecular weight excluding hydrogens is 383 g/mol. The molecule has 1 aromatic carbocycles. The van der Waals surface area contributed by atoms with Crippen molar-refractivity contribution in [2.75, 3.05) is 7.11 Å². The number of methoxy groups -OCH3 is 1. The quantitative estimate of drug-likeness (QED) is 0.591. The molecule has 8 heteroatoms. The average molecular weight is 400 g/mol. The number of halogens is 1. The summed E-state index contributed by atoms with van der Waals surface area (Å²) in [5.74, 6) is -0.278. The van der Waals surface area contributed by atoms with Crippen molar-refractivity contribution in [3.63, 3.8) is 0 Å². The molecule has 0 spiro atoms. The molecule has 1 saturated carbocycles. The van der Waals surface area contributed by atoms with Gasteiger partial charge in [0.15, 0.2) is 6.29 Å². The van der Waals surface area contributed by atoms with Gasteiger partial charge >= 0.3 is 0 Å². The van der Waals surface area contributed by atoms with Crippen molar-refractivity contribution < 1.29 is 22.3 Å². The van der Waals surface area contributed by atoms with E-state index in [1.807, 2.05) is 0 Å². The Morgan fingerprint density at radius 3 is 2.64 bits per heavy atom. The summed E-state index contributed by atoms with van der Waals surface area (Å²) in [6, 6.07) is 7.14. The second-order valence-electron chi connectivity index (χ2n) is 6.57. The topological polar surface area (TPSA) is 78.3 Å². The molecule has 144 valence electrons. The Hall–Kier alpha value is -3.00. The monoisotopic (exact) mass is 400 g/mol. The maximum absolute atomic E-state index is 14.9. The van der Waals surface area contributed by atoms with E-state index in [-0.39, 0.29) is 27.6 Å². The first kappa shape index (κ1) is 18.4. The molecule has 3 aromatic rings. The zero-order valence-corrected chi connectivity index (χ0v) is 15.8. The molecule has 0 N–H and O–H groups in total. The van der Waals surface area contributed by atoms with Gasteiger partial charge in [-0.25, -0.2) is 16.8 Å². The van der Waals surface area contributed by atoms with Crippen molar-refractivity contribution in [1.82, 2.24) is 8.96 Å². The first-order valence-electron chi connectivity index (χ1n) is 8.67. The molecule has 1 aliphatic rings. The maximum Gasteiger partial charge on any atom is 0.269 e. The summed E-state index contributed by atoms with van der Waals surface area (Å²) in [6.45, 7) is 0. The van der Waals surface area contributed by atoms with Gasteiger partial charge in [0.2, 0.25) is 0 Å². The van der Waals surface area contributed by atoms with Crippen LogP contribution in [0.15, 0.2) is 53.8 Å². The van der Waals surface area contributed by atoms with Crippen LogP contribution in [0.25, 0.3) is 11.3 Å². The third-order valence-electron chi connectivity index (χ3n) is 4.78. The molecule has 1 aliphatic carbocycles. The van der Waals surface area contributed by atoms with Gasteiger partial charge in [0.25, 0.3) is 10.0 Å². The zero-order valence-electron chi connectivity index (χ0n) is 15.0. The van der Waals surface area contributed by atoms with Gasteiger partial charge in [-0.05, 0) is 48.6 Å². The van der Waals surface area contributed by atoms with Crippen molar-refractivity contribution in [1.29, 1.82) is 0 Å². The van der Waals surface area contributed by atoms with E-state index in [2.05, 4.69) is 4.98 Å². The third-order valence-corrected chi connectivity index (χ3v) is 6.42. The number of carbonyl (C=O) groups excluding carboxylic acids is 1. The number of nitrogens with zero attached hydrogens (tertiary/aromatic N) is 2. The van der Waals surface area contributed by atoms with E-state index >= 15 is 0 Å². The van der Waals surface area contributed by atoms with Gasteiger partial charge in [-0.2, -0.15) is 0 Å². The summed E-state index contributed by atoms with van der Waals surface area (Å²) in [5, 5.41) is 0. The highest BCUT2D eigenvalue weighted by atomic mass is 32.2. The van der Waals surface area contributed by atoms with Crippen LogP contribution in [0.3, 0.4) is 0 Å². The van der Waals surface area contributed by atoms with Crippen LogP contribution in [0.2, 0.25) is 0 Å². The van der Waals surface area contributed by atoms with Crippen molar-refractivity contribution in [2.45, 2.75) is 23.7 Å². The van der Waals surface area contributed by atoms with E-state index in [1.165, 1.54) is 50.0 Å². The fourth-order valence-corrected chi connectivity index (χ4v) is 4.65. The van der Waals surface area contributed by atoms with Crippen molar-refractivity contribution in [2.24, 2.45) is 0 Å². The number of hydrogen-bond donors (Lipinski definition) is 0. The minimum absolute atomic E-state index is 0.0297. The second-order valence-corrected chi connectivity index (χ2v) is 8.39. The van der Waals surface area contributed by atoms with Gasteiger partial charge in [0.1, 0.15) is 16.5 Å². The van der Waals surface area contributed by atoms with Gasteiger partial charge in [-0.15, -0.1) is 0 Å². The summed E-state index contributed by atoms with van der Waals surface area (Å²) in [4.78, 5) is 15.5. The molecule has 0 radical (unpaired) electrons. The van der Waals surface area contributed by atoms with Gasteiger partial charge in [0.05, 0.1) is 12.8 Å². The molecule has 0 amide bonds. The van der Waals surface area contributed by atoms with E-state index in [1.54, 1.807) is 6.07 Å². The standard InChI is InChI=1S/C20H17FN2O4S/c1-27-15-6-7-17(18(21)9-15)20-19(13-4-5-13)14(12-24)11-23(20)28(25,26)16-3-2-8-22-10-16/h2-3,6-13H,4-5H2,1H3. The van der Waals surface area contributed by atoms with E-state index in [4.69, 9.17) is 4.74 Å². The summed E-state index contributed by atoms with van der Waals surface area (Å²) in [5.41, 5.74) is 1.09. The molecule has 28 heavy (non-hydrogen) atoms. The molecule has 0 unspecified atom stereocenters. The average Bonchev–Trinajstić information content (AvgIpc) is 3.48. The molecule has 2 aromatic heterocycles. The largest absolute Gasteiger partial charge is 0.497 e. The molecule has 2 heterocycles. The van der Waals surface area contributed by atoms with Crippen LogP contribution in [0.4, 0.5) is 4.39 Å². The van der Waals surface area contributed by atoms with E-state index in [9.17, 15) is 17.6 Å². The summed E-state index contributed by atoms with van der Waals surface area (Å²) >= 11 is 0. The molecular formula is C20H17FN2O4S. The maximum atomic E-state index is 14.9. The van der Waals surface area contributed by atoms with Crippen LogP contribution in [-0.4, -0.2) is 30.8 Å². The second kappa shape index (κ2) is 6.87. The number of rotatable bonds is 6. The molecule has 4 rings (SSSR count). The van der Waals surface area contributed by atoms with Gasteiger partial charge in [-0.1, -0.05) is 0 Å². The number of pyridine rings is 1. The van der Waals surface area contributed by atoms with Gasteiger partial charge in [-0.3, -0.25) is 9.78 Å². The normalized spacial score (nSPS) is 14.1.